The molecule has 1 amide bonds. The maximum atomic E-state index is 13.7. The number of aromatic nitrogens is 4. The van der Waals surface area contributed by atoms with Gasteiger partial charge in [-0.1, -0.05) is 37.3 Å². The van der Waals surface area contributed by atoms with Crippen LogP contribution in [-0.4, -0.2) is 37.1 Å². The van der Waals surface area contributed by atoms with E-state index in [4.69, 9.17) is 4.42 Å². The zero-order valence-corrected chi connectivity index (χ0v) is 22.5. The van der Waals surface area contributed by atoms with Gasteiger partial charge in [0.1, 0.15) is 10.7 Å². The first-order chi connectivity index (χ1) is 18.5. The van der Waals surface area contributed by atoms with E-state index in [1.807, 2.05) is 35.4 Å². The van der Waals surface area contributed by atoms with Gasteiger partial charge in [0.2, 0.25) is 5.89 Å². The van der Waals surface area contributed by atoms with Crippen LogP contribution in [0.3, 0.4) is 0 Å². The number of aryl methyl sites for hydroxylation is 1. The second-order valence-corrected chi connectivity index (χ2v) is 11.4. The Morgan fingerprint density at radius 3 is 2.71 bits per heavy atom. The number of nitrogens with zero attached hydrogens (tertiary/aromatic N) is 5. The summed E-state index contributed by atoms with van der Waals surface area (Å²) in [7, 11) is 0. The smallest absolute Gasteiger partial charge is 0.264 e. The average Bonchev–Trinajstić information content (AvgIpc) is 3.29. The van der Waals surface area contributed by atoms with Gasteiger partial charge in [0.15, 0.2) is 0 Å². The third kappa shape index (κ3) is 5.07. The van der Waals surface area contributed by atoms with Gasteiger partial charge in [0.05, 0.1) is 6.04 Å². The van der Waals surface area contributed by atoms with Crippen LogP contribution in [0, 0.1) is 12.8 Å². The van der Waals surface area contributed by atoms with E-state index in [0.717, 1.165) is 42.8 Å². The van der Waals surface area contributed by atoms with E-state index < -0.39 is 0 Å². The molecule has 2 atom stereocenters. The molecule has 9 heteroatoms. The summed E-state index contributed by atoms with van der Waals surface area (Å²) in [5, 5.41) is 11.6. The molecule has 1 aliphatic heterocycles. The van der Waals surface area contributed by atoms with Crippen molar-refractivity contribution in [3.05, 3.63) is 85.9 Å². The minimum absolute atomic E-state index is 0.0131. The molecule has 196 valence electrons. The van der Waals surface area contributed by atoms with Crippen molar-refractivity contribution in [2.45, 2.75) is 64.5 Å². The van der Waals surface area contributed by atoms with Gasteiger partial charge in [-0.05, 0) is 56.6 Å². The van der Waals surface area contributed by atoms with Crippen molar-refractivity contribution in [3.8, 4) is 11.6 Å². The number of likely N-dealkylation sites (tertiary alicyclic amines) is 1. The molecule has 0 radical (unpaired) electrons. The Hall–Kier alpha value is -3.59. The molecule has 4 heterocycles. The number of thiazole rings is 1. The van der Waals surface area contributed by atoms with Crippen LogP contribution < -0.4 is 5.56 Å². The van der Waals surface area contributed by atoms with E-state index in [1.165, 1.54) is 11.6 Å². The van der Waals surface area contributed by atoms with Crippen LogP contribution in [0.15, 0.2) is 57.1 Å². The van der Waals surface area contributed by atoms with Gasteiger partial charge >= 0.3 is 0 Å². The quantitative estimate of drug-likeness (QED) is 0.304. The summed E-state index contributed by atoms with van der Waals surface area (Å²) in [6.45, 7) is 5.25. The Balaban J connectivity index is 1.32. The molecule has 8 nitrogen and oxygen atoms in total. The predicted molar refractivity (Wildman–Crippen MR) is 145 cm³/mol. The number of hydrogen-bond acceptors (Lipinski definition) is 7. The lowest BCUT2D eigenvalue weighted by molar-refractivity contribution is 0.0735. The maximum Gasteiger partial charge on any atom is 0.264 e. The molecule has 0 bridgehead atoms. The number of rotatable bonds is 8. The Morgan fingerprint density at radius 2 is 1.97 bits per heavy atom. The molecule has 2 fully saturated rings. The van der Waals surface area contributed by atoms with Crippen molar-refractivity contribution in [2.75, 3.05) is 6.54 Å². The molecule has 1 aliphatic carbocycles. The molecular weight excluding hydrogens is 498 g/mol. The molecular formula is C29H31N5O3S. The lowest BCUT2D eigenvalue weighted by Gasteiger charge is -2.23. The van der Waals surface area contributed by atoms with E-state index in [0.29, 0.717) is 36.2 Å². The zero-order valence-electron chi connectivity index (χ0n) is 21.7. The normalized spacial score (nSPS) is 18.2. The molecule has 1 saturated heterocycles. The van der Waals surface area contributed by atoms with Gasteiger partial charge in [-0.25, -0.2) is 4.98 Å². The van der Waals surface area contributed by atoms with Crippen molar-refractivity contribution in [1.82, 2.24) is 24.6 Å². The summed E-state index contributed by atoms with van der Waals surface area (Å²) < 4.78 is 7.83. The van der Waals surface area contributed by atoms with Crippen LogP contribution in [0.4, 0.5) is 0 Å². The summed E-state index contributed by atoms with van der Waals surface area (Å²) in [6, 6.07) is 13.3. The molecule has 4 aromatic rings. The Bertz CT molecular complexity index is 1500. The Labute approximate surface area is 225 Å². The second kappa shape index (κ2) is 10.3. The minimum Gasteiger partial charge on any atom is -0.419 e. The topological polar surface area (TPSA) is 94.1 Å². The van der Waals surface area contributed by atoms with Crippen LogP contribution in [0.1, 0.15) is 77.1 Å². The zero-order chi connectivity index (χ0) is 26.2. The largest absolute Gasteiger partial charge is 0.419 e. The Morgan fingerprint density at radius 1 is 1.16 bits per heavy atom. The lowest BCUT2D eigenvalue weighted by Crippen LogP contribution is -2.32. The van der Waals surface area contributed by atoms with Gasteiger partial charge in [0, 0.05) is 41.7 Å². The van der Waals surface area contributed by atoms with Crippen molar-refractivity contribution >= 4 is 17.2 Å². The fourth-order valence-corrected chi connectivity index (χ4v) is 6.14. The van der Waals surface area contributed by atoms with Crippen LogP contribution in [-0.2, 0) is 13.0 Å². The molecule has 0 spiro atoms. The number of benzene rings is 1. The third-order valence-electron chi connectivity index (χ3n) is 7.41. The molecule has 2 aliphatic rings. The standard InChI is InChI=1S/C29H31N5O3S/c1-18(13-20-7-4-3-5-8-20)26-31-32-27(37-26)24-14-22(15-25(35)34(24)16-21-10-11-21)29(36)33-12-6-9-23(33)28-30-19(2)17-38-28/h3-5,7-8,14-15,17-18,21,23H,6,9-13,16H2,1-2H3/t18-,23+/m0/s1. The summed E-state index contributed by atoms with van der Waals surface area (Å²) in [4.78, 5) is 33.5. The van der Waals surface area contributed by atoms with E-state index in [1.54, 1.807) is 22.0 Å². The van der Waals surface area contributed by atoms with Gasteiger partial charge in [-0.2, -0.15) is 0 Å². The fourth-order valence-electron chi connectivity index (χ4n) is 5.19. The second-order valence-electron chi connectivity index (χ2n) is 10.5. The summed E-state index contributed by atoms with van der Waals surface area (Å²) in [6.07, 6.45) is 4.74. The van der Waals surface area contributed by atoms with Crippen LogP contribution in [0.25, 0.3) is 11.6 Å². The number of pyridine rings is 1. The molecule has 0 N–H and O–H groups in total. The van der Waals surface area contributed by atoms with Crippen molar-refractivity contribution in [3.63, 3.8) is 0 Å². The number of carbonyl (C=O) groups is 1. The van der Waals surface area contributed by atoms with Gasteiger partial charge in [-0.15, -0.1) is 21.5 Å². The highest BCUT2D eigenvalue weighted by Crippen LogP contribution is 2.36. The average molecular weight is 530 g/mol. The first-order valence-electron chi connectivity index (χ1n) is 13.3. The number of amides is 1. The van der Waals surface area contributed by atoms with Gasteiger partial charge < -0.3 is 13.9 Å². The molecule has 1 saturated carbocycles. The Kier molecular flexibility index (Phi) is 6.69. The van der Waals surface area contributed by atoms with Crippen LogP contribution in [0.5, 0.6) is 0 Å². The highest BCUT2D eigenvalue weighted by Gasteiger charge is 2.34. The van der Waals surface area contributed by atoms with Gasteiger partial charge in [-0.3, -0.25) is 9.59 Å². The van der Waals surface area contributed by atoms with Crippen molar-refractivity contribution < 1.29 is 9.21 Å². The van der Waals surface area contributed by atoms with E-state index in [9.17, 15) is 9.59 Å². The molecule has 0 unspecified atom stereocenters. The number of carbonyl (C=O) groups excluding carboxylic acids is 1. The van der Waals surface area contributed by atoms with E-state index >= 15 is 0 Å². The monoisotopic (exact) mass is 529 g/mol. The summed E-state index contributed by atoms with van der Waals surface area (Å²) in [5.74, 6) is 1.11. The summed E-state index contributed by atoms with van der Waals surface area (Å²) >= 11 is 1.58. The van der Waals surface area contributed by atoms with Crippen LogP contribution in [0.2, 0.25) is 0 Å². The van der Waals surface area contributed by atoms with E-state index in [2.05, 4.69) is 34.2 Å². The van der Waals surface area contributed by atoms with Crippen molar-refractivity contribution in [2.24, 2.45) is 5.92 Å². The molecule has 3 aromatic heterocycles. The van der Waals surface area contributed by atoms with E-state index in [-0.39, 0.29) is 29.3 Å². The lowest BCUT2D eigenvalue weighted by atomic mass is 10.0. The fraction of sp³-hybridized carbons (Fsp3) is 0.414. The molecule has 38 heavy (non-hydrogen) atoms. The summed E-state index contributed by atoms with van der Waals surface area (Å²) in [5.41, 5.74) is 2.81. The minimum atomic E-state index is -0.212. The van der Waals surface area contributed by atoms with Crippen molar-refractivity contribution in [1.29, 1.82) is 0 Å². The first kappa shape index (κ1) is 24.7. The maximum absolute atomic E-state index is 13.7. The SMILES string of the molecule is Cc1csc([C@H]2CCCN2C(=O)c2cc(-c3nnc([C@@H](C)Cc4ccccc4)o3)n(CC3CC3)c(=O)c2)n1. The third-order valence-corrected chi connectivity index (χ3v) is 8.48. The predicted octanol–water partition coefficient (Wildman–Crippen LogP) is 5.40. The number of hydrogen-bond donors (Lipinski definition) is 0. The first-order valence-corrected chi connectivity index (χ1v) is 14.2. The van der Waals surface area contributed by atoms with Gasteiger partial charge in [0.25, 0.3) is 17.4 Å². The molecule has 1 aromatic carbocycles. The highest BCUT2D eigenvalue weighted by molar-refractivity contribution is 7.09. The molecule has 6 rings (SSSR count). The highest BCUT2D eigenvalue weighted by atomic mass is 32.1. The van der Waals surface area contributed by atoms with Crippen LogP contribution >= 0.6 is 11.3 Å².